The Labute approximate surface area is 119 Å². The molecule has 1 aromatic carbocycles. The van der Waals surface area contributed by atoms with Crippen molar-refractivity contribution in [2.45, 2.75) is 52.5 Å². The van der Waals surface area contributed by atoms with Crippen LogP contribution in [0.1, 0.15) is 46.2 Å². The molecule has 4 heteroatoms. The van der Waals surface area contributed by atoms with Crippen molar-refractivity contribution in [1.82, 2.24) is 4.57 Å². The van der Waals surface area contributed by atoms with Gasteiger partial charge in [0.25, 0.3) is 5.69 Å². The van der Waals surface area contributed by atoms with Crippen LogP contribution in [0.25, 0.3) is 10.9 Å². The van der Waals surface area contributed by atoms with E-state index in [1.54, 1.807) is 12.1 Å². The molecule has 0 radical (unpaired) electrons. The molecule has 1 aromatic heterocycles. The Balaban J connectivity index is 2.62. The number of fused-ring (bicyclic) bond motifs is 1. The highest BCUT2D eigenvalue weighted by molar-refractivity contribution is 5.84. The standard InChI is InChI=1S/C16H22N2O2/c1-5-6-7-13-10-12-11-14(18(19)20)8-9-15(12)17(13)16(2,3)4/h8-11H,5-7H2,1-4H3. The van der Waals surface area contributed by atoms with Gasteiger partial charge in [0.15, 0.2) is 0 Å². The molecule has 0 fully saturated rings. The van der Waals surface area contributed by atoms with Gasteiger partial charge in [0.05, 0.1) is 4.92 Å². The van der Waals surface area contributed by atoms with Gasteiger partial charge in [-0.15, -0.1) is 0 Å². The molecule has 2 rings (SSSR count). The fourth-order valence-electron chi connectivity index (χ4n) is 2.71. The lowest BCUT2D eigenvalue weighted by molar-refractivity contribution is -0.384. The summed E-state index contributed by atoms with van der Waals surface area (Å²) in [6.45, 7) is 8.69. The van der Waals surface area contributed by atoms with Gasteiger partial charge in [-0.3, -0.25) is 10.1 Å². The molecule has 20 heavy (non-hydrogen) atoms. The van der Waals surface area contributed by atoms with Crippen LogP contribution in [0.15, 0.2) is 24.3 Å². The number of non-ortho nitro benzene ring substituents is 1. The molecule has 2 aromatic rings. The van der Waals surface area contributed by atoms with Gasteiger partial charge in [-0.05, 0) is 45.7 Å². The van der Waals surface area contributed by atoms with E-state index in [9.17, 15) is 10.1 Å². The number of nitrogens with zero attached hydrogens (tertiary/aromatic N) is 2. The van der Waals surface area contributed by atoms with E-state index in [0.717, 1.165) is 30.2 Å². The molecule has 0 spiro atoms. The number of nitro groups is 1. The number of nitro benzene ring substituents is 1. The summed E-state index contributed by atoms with van der Waals surface area (Å²) in [6, 6.07) is 7.23. The minimum Gasteiger partial charge on any atom is -0.339 e. The Kier molecular flexibility index (Phi) is 3.84. The van der Waals surface area contributed by atoms with E-state index in [2.05, 4.69) is 38.3 Å². The first-order valence-electron chi connectivity index (χ1n) is 7.14. The van der Waals surface area contributed by atoms with Crippen molar-refractivity contribution >= 4 is 16.6 Å². The predicted molar refractivity (Wildman–Crippen MR) is 82.2 cm³/mol. The molecule has 0 aliphatic carbocycles. The van der Waals surface area contributed by atoms with Crippen LogP contribution in [-0.4, -0.2) is 9.49 Å². The van der Waals surface area contributed by atoms with Crippen molar-refractivity contribution in [2.24, 2.45) is 0 Å². The van der Waals surface area contributed by atoms with Gasteiger partial charge in [0.1, 0.15) is 0 Å². The Bertz CT molecular complexity index is 636. The van der Waals surface area contributed by atoms with Crippen LogP contribution in [0, 0.1) is 10.1 Å². The first-order chi connectivity index (χ1) is 9.34. The summed E-state index contributed by atoms with van der Waals surface area (Å²) in [5.41, 5.74) is 2.47. The average molecular weight is 274 g/mol. The molecule has 0 aliphatic rings. The van der Waals surface area contributed by atoms with Gasteiger partial charge in [-0.25, -0.2) is 0 Å². The highest BCUT2D eigenvalue weighted by Crippen LogP contribution is 2.30. The van der Waals surface area contributed by atoms with Crippen molar-refractivity contribution in [1.29, 1.82) is 0 Å². The molecule has 108 valence electrons. The van der Waals surface area contributed by atoms with Gasteiger partial charge < -0.3 is 4.57 Å². The second-order valence-corrected chi connectivity index (χ2v) is 6.25. The molecule has 1 heterocycles. The van der Waals surface area contributed by atoms with Gasteiger partial charge in [0.2, 0.25) is 0 Å². The summed E-state index contributed by atoms with van der Waals surface area (Å²) in [7, 11) is 0. The van der Waals surface area contributed by atoms with Gasteiger partial charge in [0, 0.05) is 34.3 Å². The smallest absolute Gasteiger partial charge is 0.270 e. The maximum atomic E-state index is 10.9. The Hall–Kier alpha value is -1.84. The van der Waals surface area contributed by atoms with Crippen LogP contribution in [0.2, 0.25) is 0 Å². The summed E-state index contributed by atoms with van der Waals surface area (Å²) in [5, 5.41) is 11.9. The number of aromatic nitrogens is 1. The normalized spacial score (nSPS) is 12.0. The Morgan fingerprint density at radius 2 is 1.95 bits per heavy atom. The summed E-state index contributed by atoms with van der Waals surface area (Å²) >= 11 is 0. The summed E-state index contributed by atoms with van der Waals surface area (Å²) in [4.78, 5) is 10.6. The number of hydrogen-bond donors (Lipinski definition) is 0. The zero-order valence-corrected chi connectivity index (χ0v) is 12.6. The molecule has 0 amide bonds. The maximum absolute atomic E-state index is 10.9. The van der Waals surface area contributed by atoms with E-state index in [1.807, 2.05) is 6.07 Å². The van der Waals surface area contributed by atoms with E-state index in [4.69, 9.17) is 0 Å². The largest absolute Gasteiger partial charge is 0.339 e. The summed E-state index contributed by atoms with van der Waals surface area (Å²) in [6.07, 6.45) is 3.29. The quantitative estimate of drug-likeness (QED) is 0.602. The van der Waals surface area contributed by atoms with E-state index >= 15 is 0 Å². The third kappa shape index (κ3) is 2.69. The van der Waals surface area contributed by atoms with E-state index in [-0.39, 0.29) is 16.1 Å². The van der Waals surface area contributed by atoms with Crippen LogP contribution in [0.4, 0.5) is 5.69 Å². The van der Waals surface area contributed by atoms with Crippen LogP contribution in [0.5, 0.6) is 0 Å². The lowest BCUT2D eigenvalue weighted by Gasteiger charge is -2.26. The fraction of sp³-hybridized carbons (Fsp3) is 0.500. The Morgan fingerprint density at radius 3 is 2.50 bits per heavy atom. The first kappa shape index (κ1) is 14.6. The third-order valence-electron chi connectivity index (χ3n) is 3.53. The van der Waals surface area contributed by atoms with Gasteiger partial charge in [-0.2, -0.15) is 0 Å². The van der Waals surface area contributed by atoms with Crippen molar-refractivity contribution in [3.8, 4) is 0 Å². The highest BCUT2D eigenvalue weighted by Gasteiger charge is 2.21. The average Bonchev–Trinajstić information content (AvgIpc) is 2.72. The van der Waals surface area contributed by atoms with Crippen molar-refractivity contribution < 1.29 is 4.92 Å². The number of unbranched alkanes of at least 4 members (excludes halogenated alkanes) is 1. The number of hydrogen-bond acceptors (Lipinski definition) is 2. The molecule has 0 aliphatic heterocycles. The molecule has 0 N–H and O–H groups in total. The van der Waals surface area contributed by atoms with Crippen LogP contribution in [0.3, 0.4) is 0 Å². The monoisotopic (exact) mass is 274 g/mol. The SMILES string of the molecule is CCCCc1cc2cc([N+](=O)[O-])ccc2n1C(C)(C)C. The van der Waals surface area contributed by atoms with E-state index in [0.29, 0.717) is 0 Å². The third-order valence-corrected chi connectivity index (χ3v) is 3.53. The molecule has 0 saturated carbocycles. The molecule has 0 bridgehead atoms. The molecular formula is C16H22N2O2. The molecule has 0 saturated heterocycles. The summed E-state index contributed by atoms with van der Waals surface area (Å²) < 4.78 is 2.31. The topological polar surface area (TPSA) is 48.1 Å². The maximum Gasteiger partial charge on any atom is 0.270 e. The fourth-order valence-corrected chi connectivity index (χ4v) is 2.71. The molecule has 4 nitrogen and oxygen atoms in total. The number of aryl methyl sites for hydroxylation is 1. The lowest BCUT2D eigenvalue weighted by atomic mass is 10.1. The van der Waals surface area contributed by atoms with Crippen molar-refractivity contribution in [2.75, 3.05) is 0 Å². The minimum absolute atomic E-state index is 0.0268. The second kappa shape index (κ2) is 5.27. The molecular weight excluding hydrogens is 252 g/mol. The van der Waals surface area contributed by atoms with Crippen LogP contribution < -0.4 is 0 Å². The minimum atomic E-state index is -0.334. The molecule has 0 unspecified atom stereocenters. The molecule has 0 atom stereocenters. The number of benzene rings is 1. The number of rotatable bonds is 4. The van der Waals surface area contributed by atoms with Crippen LogP contribution in [-0.2, 0) is 12.0 Å². The van der Waals surface area contributed by atoms with Crippen LogP contribution >= 0.6 is 0 Å². The van der Waals surface area contributed by atoms with E-state index in [1.165, 1.54) is 5.69 Å². The van der Waals surface area contributed by atoms with Gasteiger partial charge >= 0.3 is 0 Å². The summed E-state index contributed by atoms with van der Waals surface area (Å²) in [5.74, 6) is 0. The zero-order valence-electron chi connectivity index (χ0n) is 12.6. The first-order valence-corrected chi connectivity index (χ1v) is 7.14. The second-order valence-electron chi connectivity index (χ2n) is 6.25. The Morgan fingerprint density at radius 1 is 1.25 bits per heavy atom. The lowest BCUT2D eigenvalue weighted by Crippen LogP contribution is -2.23. The van der Waals surface area contributed by atoms with Gasteiger partial charge in [-0.1, -0.05) is 13.3 Å². The highest BCUT2D eigenvalue weighted by atomic mass is 16.6. The zero-order chi connectivity index (χ0) is 14.9. The van der Waals surface area contributed by atoms with E-state index < -0.39 is 0 Å². The predicted octanol–water partition coefficient (Wildman–Crippen LogP) is 4.65. The van der Waals surface area contributed by atoms with Crippen molar-refractivity contribution in [3.63, 3.8) is 0 Å². The van der Waals surface area contributed by atoms with Crippen molar-refractivity contribution in [3.05, 3.63) is 40.1 Å².